The van der Waals surface area contributed by atoms with E-state index in [0.717, 1.165) is 23.7 Å². The van der Waals surface area contributed by atoms with Crippen molar-refractivity contribution in [3.8, 4) is 5.75 Å². The van der Waals surface area contributed by atoms with Crippen LogP contribution >= 0.6 is 23.5 Å². The largest absolute Gasteiger partial charge is 0.506 e. The Hall–Kier alpha value is -1.07. The zero-order chi connectivity index (χ0) is 12.5. The molecule has 2 aliphatic rings. The Balaban J connectivity index is 1.84. The molecule has 1 aliphatic carbocycles. The van der Waals surface area contributed by atoms with Crippen LogP contribution in [0.1, 0.15) is 25.7 Å². The fourth-order valence-corrected chi connectivity index (χ4v) is 3.33. The second-order valence-corrected chi connectivity index (χ2v) is 5.83. The van der Waals surface area contributed by atoms with Gasteiger partial charge in [-0.15, -0.1) is 0 Å². The highest BCUT2D eigenvalue weighted by atomic mass is 35.5. The molecule has 18 heavy (non-hydrogen) atoms. The van der Waals surface area contributed by atoms with Gasteiger partial charge in [0.15, 0.2) is 0 Å². The predicted octanol–water partition coefficient (Wildman–Crippen LogP) is 3.37. The van der Waals surface area contributed by atoms with Crippen molar-refractivity contribution in [3.63, 3.8) is 0 Å². The molecule has 1 aromatic rings. The fraction of sp³-hybridized carbons (Fsp3) is 0.417. The quantitative estimate of drug-likeness (QED) is 0.546. The third-order valence-corrected chi connectivity index (χ3v) is 4.24. The van der Waals surface area contributed by atoms with E-state index in [9.17, 15) is 5.11 Å². The zero-order valence-corrected chi connectivity index (χ0v) is 11.3. The highest BCUT2D eigenvalue weighted by Gasteiger charge is 2.20. The van der Waals surface area contributed by atoms with Gasteiger partial charge in [-0.25, -0.2) is 4.99 Å². The first kappa shape index (κ1) is 12.0. The van der Waals surface area contributed by atoms with Gasteiger partial charge in [-0.2, -0.15) is 0 Å². The van der Waals surface area contributed by atoms with Crippen LogP contribution in [0.15, 0.2) is 22.0 Å². The van der Waals surface area contributed by atoms with Crippen LogP contribution in [0.5, 0.6) is 5.75 Å². The number of halogens is 1. The van der Waals surface area contributed by atoms with Crippen LogP contribution in [-0.4, -0.2) is 17.1 Å². The maximum Gasteiger partial charge on any atom is 0.206 e. The van der Waals surface area contributed by atoms with E-state index in [2.05, 4.69) is 15.0 Å². The van der Waals surface area contributed by atoms with E-state index >= 15 is 0 Å². The maximum atomic E-state index is 9.87. The molecule has 0 amide bonds. The minimum absolute atomic E-state index is 0.158. The second-order valence-electron chi connectivity index (χ2n) is 4.54. The number of benzene rings is 1. The number of aromatic hydroxyl groups is 1. The fourth-order valence-electron chi connectivity index (χ4n) is 2.30. The highest BCUT2D eigenvalue weighted by Crippen LogP contribution is 2.38. The van der Waals surface area contributed by atoms with Crippen molar-refractivity contribution in [2.45, 2.75) is 36.6 Å². The third kappa shape index (κ3) is 2.37. The van der Waals surface area contributed by atoms with Gasteiger partial charge in [0.2, 0.25) is 5.96 Å². The van der Waals surface area contributed by atoms with Crippen molar-refractivity contribution in [1.82, 2.24) is 4.72 Å². The molecular formula is C12H14ClN3OS. The summed E-state index contributed by atoms with van der Waals surface area (Å²) in [6.45, 7) is 0. The van der Waals surface area contributed by atoms with Crippen LogP contribution in [0.2, 0.25) is 5.02 Å². The second kappa shape index (κ2) is 4.90. The Bertz CT molecular complexity index is 500. The minimum atomic E-state index is 0.158. The number of rotatable bonds is 1. The molecule has 6 heteroatoms. The van der Waals surface area contributed by atoms with E-state index in [4.69, 9.17) is 11.6 Å². The van der Waals surface area contributed by atoms with Crippen molar-refractivity contribution in [3.05, 3.63) is 17.2 Å². The molecule has 0 radical (unpaired) electrons. The number of nitrogens with zero attached hydrogens (tertiary/aromatic N) is 1. The molecule has 1 aliphatic heterocycles. The average Bonchev–Trinajstić information content (AvgIpc) is 2.83. The number of fused-ring (bicyclic) bond motifs is 1. The standard InChI is InChI=1S/C12H14ClN3OS/c13-7-5-9(17)11-10(6-7)18-16-12(15-11)14-8-3-1-2-4-8/h5-6,8,17H,1-4H2,(H2,14,15,16). The summed E-state index contributed by atoms with van der Waals surface area (Å²) in [5.41, 5.74) is 0.680. The topological polar surface area (TPSA) is 56.6 Å². The molecule has 0 atom stereocenters. The van der Waals surface area contributed by atoms with Gasteiger partial charge in [-0.1, -0.05) is 24.4 Å². The third-order valence-electron chi connectivity index (χ3n) is 3.18. The summed E-state index contributed by atoms with van der Waals surface area (Å²) in [7, 11) is 0. The summed E-state index contributed by atoms with van der Waals surface area (Å²) < 4.78 is 3.14. The molecule has 1 saturated carbocycles. The molecule has 3 N–H and O–H groups in total. The molecular weight excluding hydrogens is 270 g/mol. The summed E-state index contributed by atoms with van der Waals surface area (Å²) in [6.07, 6.45) is 4.81. The van der Waals surface area contributed by atoms with Gasteiger partial charge in [0, 0.05) is 11.1 Å². The Kier molecular flexibility index (Phi) is 3.26. The van der Waals surface area contributed by atoms with E-state index in [-0.39, 0.29) is 5.75 Å². The lowest BCUT2D eigenvalue weighted by atomic mass is 10.2. The first-order valence-electron chi connectivity index (χ1n) is 6.02. The Morgan fingerprint density at radius 3 is 2.89 bits per heavy atom. The van der Waals surface area contributed by atoms with E-state index in [1.54, 1.807) is 0 Å². The van der Waals surface area contributed by atoms with E-state index in [0.29, 0.717) is 16.8 Å². The summed E-state index contributed by atoms with van der Waals surface area (Å²) >= 11 is 7.32. The molecule has 4 nitrogen and oxygen atoms in total. The van der Waals surface area contributed by atoms with Crippen LogP contribution in [0.4, 0.5) is 5.69 Å². The summed E-state index contributed by atoms with van der Waals surface area (Å²) in [5.74, 6) is 0.877. The van der Waals surface area contributed by atoms with Crippen LogP contribution in [-0.2, 0) is 0 Å². The lowest BCUT2D eigenvalue weighted by Crippen LogP contribution is -2.30. The summed E-state index contributed by atoms with van der Waals surface area (Å²) in [6, 6.07) is 3.75. The van der Waals surface area contributed by atoms with Crippen LogP contribution in [0.3, 0.4) is 0 Å². The normalized spacial score (nSPS) is 21.5. The van der Waals surface area contributed by atoms with Crippen molar-refractivity contribution in [2.24, 2.45) is 4.99 Å². The number of anilines is 1. The minimum Gasteiger partial charge on any atom is -0.506 e. The molecule has 0 aromatic heterocycles. The number of hydrogen-bond donors (Lipinski definition) is 3. The molecule has 1 fully saturated rings. The average molecular weight is 284 g/mol. The maximum absolute atomic E-state index is 9.87. The van der Waals surface area contributed by atoms with Crippen molar-refractivity contribution in [2.75, 3.05) is 5.32 Å². The lowest BCUT2D eigenvalue weighted by molar-refractivity contribution is 0.476. The van der Waals surface area contributed by atoms with Gasteiger partial charge >= 0.3 is 0 Å². The number of guanidine groups is 1. The molecule has 96 valence electrons. The van der Waals surface area contributed by atoms with E-state index in [1.807, 2.05) is 6.07 Å². The number of aliphatic imine (C=N–C) groups is 1. The van der Waals surface area contributed by atoms with Gasteiger partial charge in [0.1, 0.15) is 5.75 Å². The molecule has 0 saturated heterocycles. The number of nitrogens with one attached hydrogen (secondary N) is 2. The Labute approximate surface area is 115 Å². The van der Waals surface area contributed by atoms with Gasteiger partial charge in [0.25, 0.3) is 0 Å². The Morgan fingerprint density at radius 2 is 2.11 bits per heavy atom. The van der Waals surface area contributed by atoms with Gasteiger partial charge in [-0.05, 0) is 30.9 Å². The summed E-state index contributed by atoms with van der Waals surface area (Å²) in [5, 5.41) is 13.5. The molecule has 1 aromatic carbocycles. The molecule has 3 rings (SSSR count). The van der Waals surface area contributed by atoms with E-state index < -0.39 is 0 Å². The van der Waals surface area contributed by atoms with Crippen LogP contribution in [0, 0.1) is 0 Å². The number of phenolic OH excluding ortho intramolecular Hbond substituents is 1. The van der Waals surface area contributed by atoms with Crippen LogP contribution < -0.4 is 10.0 Å². The number of hydrogen-bond acceptors (Lipinski definition) is 3. The predicted molar refractivity (Wildman–Crippen MR) is 75.4 cm³/mol. The van der Waals surface area contributed by atoms with Gasteiger partial charge in [-0.3, -0.25) is 4.72 Å². The van der Waals surface area contributed by atoms with E-state index in [1.165, 1.54) is 30.9 Å². The summed E-state index contributed by atoms with van der Waals surface area (Å²) in [4.78, 5) is 5.51. The Morgan fingerprint density at radius 1 is 1.33 bits per heavy atom. The first-order chi connectivity index (χ1) is 8.72. The van der Waals surface area contributed by atoms with Crippen molar-refractivity contribution >= 4 is 35.2 Å². The number of phenols is 1. The molecule has 1 heterocycles. The smallest absolute Gasteiger partial charge is 0.206 e. The molecule has 0 spiro atoms. The van der Waals surface area contributed by atoms with Gasteiger partial charge < -0.3 is 10.4 Å². The van der Waals surface area contributed by atoms with Gasteiger partial charge in [0.05, 0.1) is 16.6 Å². The highest BCUT2D eigenvalue weighted by molar-refractivity contribution is 7.98. The molecule has 0 unspecified atom stereocenters. The zero-order valence-electron chi connectivity index (χ0n) is 9.74. The van der Waals surface area contributed by atoms with Crippen molar-refractivity contribution < 1.29 is 5.11 Å². The van der Waals surface area contributed by atoms with Crippen LogP contribution in [0.25, 0.3) is 0 Å². The first-order valence-corrected chi connectivity index (χ1v) is 7.22. The molecule has 0 bridgehead atoms. The lowest BCUT2D eigenvalue weighted by Gasteiger charge is -2.22. The monoisotopic (exact) mass is 283 g/mol. The SMILES string of the molecule is Oc1cc(Cl)cc2c1NC(=NC1CCCC1)NS2. The van der Waals surface area contributed by atoms with Crippen molar-refractivity contribution in [1.29, 1.82) is 0 Å².